The molecule has 0 aromatic heterocycles. The van der Waals surface area contributed by atoms with Gasteiger partial charge in [0, 0.05) is 11.3 Å². The fourth-order valence-corrected chi connectivity index (χ4v) is 5.02. The number of benzene rings is 2. The molecule has 0 fully saturated rings. The molecule has 1 atom stereocenters. The lowest BCUT2D eigenvalue weighted by molar-refractivity contribution is -0.656. The van der Waals surface area contributed by atoms with Crippen molar-refractivity contribution in [3.63, 3.8) is 0 Å². The normalized spacial score (nSPS) is 23.1. The Morgan fingerprint density at radius 1 is 1.16 bits per heavy atom. The zero-order valence-corrected chi connectivity index (χ0v) is 16.2. The fraction of sp³-hybridized carbons (Fsp3) is 0.316. The van der Waals surface area contributed by atoms with Gasteiger partial charge in [-0.05, 0) is 48.9 Å². The first kappa shape index (κ1) is 17.2. The molecule has 2 aromatic rings. The third-order valence-corrected chi connectivity index (χ3v) is 6.76. The zero-order valence-electron chi connectivity index (χ0n) is 13.9. The SMILES string of the molecule is Cc1ccccc1N1CC(O)(c2ccc(Cl)c(Cl)c2)[N+]2=C1SCCC2. The predicted molar refractivity (Wildman–Crippen MR) is 106 cm³/mol. The van der Waals surface area contributed by atoms with Crippen LogP contribution in [0, 0.1) is 6.92 Å². The molecule has 0 aliphatic carbocycles. The van der Waals surface area contributed by atoms with E-state index in [4.69, 9.17) is 23.2 Å². The van der Waals surface area contributed by atoms with E-state index in [-0.39, 0.29) is 0 Å². The summed E-state index contributed by atoms with van der Waals surface area (Å²) < 4.78 is 2.10. The molecule has 1 N–H and O–H groups in total. The van der Waals surface area contributed by atoms with Crippen LogP contribution >= 0.6 is 35.0 Å². The maximum absolute atomic E-state index is 11.6. The summed E-state index contributed by atoms with van der Waals surface area (Å²) in [6.45, 7) is 3.39. The van der Waals surface area contributed by atoms with Crippen LogP contribution in [0.4, 0.5) is 5.69 Å². The number of aryl methyl sites for hydroxylation is 1. The van der Waals surface area contributed by atoms with Gasteiger partial charge in [-0.2, -0.15) is 0 Å². The Bertz CT molecular complexity index is 870. The van der Waals surface area contributed by atoms with E-state index in [1.54, 1.807) is 23.9 Å². The first-order valence-corrected chi connectivity index (χ1v) is 10.0. The van der Waals surface area contributed by atoms with E-state index in [0.717, 1.165) is 35.1 Å². The number of nitrogens with zero attached hydrogens (tertiary/aromatic N) is 2. The largest absolute Gasteiger partial charge is 0.346 e. The number of amidine groups is 1. The molecule has 2 aliphatic rings. The van der Waals surface area contributed by atoms with Gasteiger partial charge >= 0.3 is 5.17 Å². The number of halogens is 2. The van der Waals surface area contributed by atoms with Crippen molar-refractivity contribution < 1.29 is 9.68 Å². The average molecular weight is 394 g/mol. The van der Waals surface area contributed by atoms with E-state index in [1.165, 1.54) is 5.56 Å². The molecule has 0 saturated heterocycles. The van der Waals surface area contributed by atoms with Gasteiger partial charge in [0.25, 0.3) is 5.72 Å². The molecule has 6 heteroatoms. The number of para-hydroxylation sites is 1. The zero-order chi connectivity index (χ0) is 17.6. The van der Waals surface area contributed by atoms with E-state index < -0.39 is 5.72 Å². The second-order valence-electron chi connectivity index (χ2n) is 6.45. The second kappa shape index (κ2) is 6.51. The van der Waals surface area contributed by atoms with Gasteiger partial charge in [0.15, 0.2) is 6.54 Å². The monoisotopic (exact) mass is 393 g/mol. The summed E-state index contributed by atoms with van der Waals surface area (Å²) in [6, 6.07) is 13.7. The molecule has 2 aliphatic heterocycles. The Kier molecular flexibility index (Phi) is 4.49. The third kappa shape index (κ3) is 2.85. The molecule has 2 aromatic carbocycles. The van der Waals surface area contributed by atoms with Gasteiger partial charge in [-0.25, -0.2) is 9.48 Å². The van der Waals surface area contributed by atoms with Gasteiger partial charge in [-0.3, -0.25) is 0 Å². The lowest BCUT2D eigenvalue weighted by atomic mass is 10.0. The van der Waals surface area contributed by atoms with E-state index in [2.05, 4.69) is 28.5 Å². The van der Waals surface area contributed by atoms with Crippen molar-refractivity contribution in [2.45, 2.75) is 19.1 Å². The molecule has 0 spiro atoms. The molecule has 130 valence electrons. The minimum absolute atomic E-state index is 0.466. The number of aliphatic hydroxyl groups is 1. The van der Waals surface area contributed by atoms with Crippen molar-refractivity contribution in [3.05, 3.63) is 63.6 Å². The van der Waals surface area contributed by atoms with Crippen LogP contribution in [0.1, 0.15) is 17.5 Å². The van der Waals surface area contributed by atoms with Crippen LogP contribution in [0.5, 0.6) is 0 Å². The van der Waals surface area contributed by atoms with Crippen molar-refractivity contribution in [2.75, 3.05) is 23.7 Å². The topological polar surface area (TPSA) is 26.5 Å². The first-order valence-electron chi connectivity index (χ1n) is 8.29. The van der Waals surface area contributed by atoms with Crippen LogP contribution in [0.25, 0.3) is 0 Å². The van der Waals surface area contributed by atoms with Crippen molar-refractivity contribution in [1.82, 2.24) is 0 Å². The first-order chi connectivity index (χ1) is 12.0. The summed E-state index contributed by atoms with van der Waals surface area (Å²) in [4.78, 5) is 2.22. The Morgan fingerprint density at radius 2 is 1.96 bits per heavy atom. The number of β-amino-alcohol motifs (C(OH)–C–C–N with tert-alkyl or cyclic N) is 1. The van der Waals surface area contributed by atoms with Crippen LogP contribution < -0.4 is 4.90 Å². The van der Waals surface area contributed by atoms with E-state index in [9.17, 15) is 5.11 Å². The molecular formula is C19H19Cl2N2OS+. The lowest BCUT2D eigenvalue weighted by Crippen LogP contribution is -2.41. The standard InChI is InChI=1S/C19H19Cl2N2OS/c1-13-5-2-3-6-17(13)22-12-19(24,23-9-4-10-25-18(22)23)14-7-8-15(20)16(21)11-14/h2-3,5-8,11,24H,4,9-10,12H2,1H3/q+1. The molecule has 2 heterocycles. The van der Waals surface area contributed by atoms with E-state index >= 15 is 0 Å². The minimum Gasteiger partial charge on any atom is -0.346 e. The molecule has 3 nitrogen and oxygen atoms in total. The summed E-state index contributed by atoms with van der Waals surface area (Å²) in [5, 5.41) is 13.7. The summed E-state index contributed by atoms with van der Waals surface area (Å²) >= 11 is 14.1. The van der Waals surface area contributed by atoms with Crippen molar-refractivity contribution in [2.24, 2.45) is 0 Å². The highest BCUT2D eigenvalue weighted by Gasteiger charge is 2.53. The van der Waals surface area contributed by atoms with Crippen LogP contribution in [-0.4, -0.2) is 33.7 Å². The number of hydrogen-bond donors (Lipinski definition) is 1. The maximum Gasteiger partial charge on any atom is 0.316 e. The maximum atomic E-state index is 11.6. The highest BCUT2D eigenvalue weighted by Crippen LogP contribution is 2.39. The molecule has 0 bridgehead atoms. The Hall–Kier alpha value is -1.20. The Balaban J connectivity index is 1.83. The molecule has 0 saturated carbocycles. The summed E-state index contributed by atoms with van der Waals surface area (Å²) in [5.41, 5.74) is 1.99. The van der Waals surface area contributed by atoms with Crippen molar-refractivity contribution in [1.29, 1.82) is 0 Å². The highest BCUT2D eigenvalue weighted by molar-refractivity contribution is 8.13. The highest BCUT2D eigenvalue weighted by atomic mass is 35.5. The van der Waals surface area contributed by atoms with Crippen molar-refractivity contribution in [3.8, 4) is 0 Å². The molecular weight excluding hydrogens is 375 g/mol. The average Bonchev–Trinajstić information content (AvgIpc) is 2.92. The molecule has 0 radical (unpaired) electrons. The van der Waals surface area contributed by atoms with Crippen molar-refractivity contribution >= 4 is 45.8 Å². The predicted octanol–water partition coefficient (Wildman–Crippen LogP) is 4.47. The Labute approximate surface area is 161 Å². The number of anilines is 1. The molecule has 1 unspecified atom stereocenters. The lowest BCUT2D eigenvalue weighted by Gasteiger charge is -2.24. The Morgan fingerprint density at radius 3 is 2.72 bits per heavy atom. The van der Waals surface area contributed by atoms with Gasteiger partial charge in [-0.15, -0.1) is 0 Å². The van der Waals surface area contributed by atoms with Crippen LogP contribution in [-0.2, 0) is 5.72 Å². The van der Waals surface area contributed by atoms with E-state index in [1.807, 2.05) is 18.2 Å². The van der Waals surface area contributed by atoms with Gasteiger partial charge in [0.1, 0.15) is 5.69 Å². The molecule has 0 amide bonds. The van der Waals surface area contributed by atoms with Crippen LogP contribution in [0.15, 0.2) is 42.5 Å². The summed E-state index contributed by atoms with van der Waals surface area (Å²) in [5.74, 6) is 1.06. The van der Waals surface area contributed by atoms with Gasteiger partial charge < -0.3 is 5.11 Å². The van der Waals surface area contributed by atoms with Crippen LogP contribution in [0.2, 0.25) is 10.0 Å². The number of rotatable bonds is 2. The molecule has 25 heavy (non-hydrogen) atoms. The fourth-order valence-electron chi connectivity index (χ4n) is 3.55. The summed E-state index contributed by atoms with van der Waals surface area (Å²) in [6.07, 6.45) is 1.04. The van der Waals surface area contributed by atoms with Gasteiger partial charge in [-0.1, -0.05) is 47.5 Å². The molecule has 4 rings (SSSR count). The minimum atomic E-state index is -1.11. The van der Waals surface area contributed by atoms with Crippen LogP contribution in [0.3, 0.4) is 0 Å². The second-order valence-corrected chi connectivity index (χ2v) is 8.33. The smallest absolute Gasteiger partial charge is 0.316 e. The third-order valence-electron chi connectivity index (χ3n) is 4.83. The van der Waals surface area contributed by atoms with Gasteiger partial charge in [0.2, 0.25) is 0 Å². The summed E-state index contributed by atoms with van der Waals surface area (Å²) in [7, 11) is 0. The van der Waals surface area contributed by atoms with E-state index in [0.29, 0.717) is 16.6 Å². The van der Waals surface area contributed by atoms with Gasteiger partial charge in [0.05, 0.1) is 16.6 Å². The quantitative estimate of drug-likeness (QED) is 0.762. The number of hydrogen-bond acceptors (Lipinski definition) is 3. The number of thioether (sulfide) groups is 1.